The molecule has 0 spiro atoms. The van der Waals surface area contributed by atoms with E-state index in [1.807, 2.05) is 42.9 Å². The maximum atomic E-state index is 12.8. The molecule has 0 saturated heterocycles. The second kappa shape index (κ2) is 10.7. The Morgan fingerprint density at radius 2 is 1.59 bits per heavy atom. The molecule has 0 radical (unpaired) electrons. The Morgan fingerprint density at radius 3 is 2.13 bits per heavy atom. The van der Waals surface area contributed by atoms with Crippen molar-refractivity contribution in [1.82, 2.24) is 19.7 Å². The van der Waals surface area contributed by atoms with Crippen molar-refractivity contribution < 1.29 is 9.22 Å². The highest BCUT2D eigenvalue weighted by Crippen LogP contribution is 2.38. The summed E-state index contributed by atoms with van der Waals surface area (Å²) in [6.07, 6.45) is 6.30. The molecular weight excluding hydrogens is 500 g/mol. The van der Waals surface area contributed by atoms with Crippen molar-refractivity contribution in [2.45, 2.75) is 52.8 Å². The highest BCUT2D eigenvalue weighted by molar-refractivity contribution is 6.99. The molecule has 3 heterocycles. The Morgan fingerprint density at radius 1 is 0.949 bits per heavy atom. The molecule has 0 aliphatic carbocycles. The molecule has 0 bridgehead atoms. The summed E-state index contributed by atoms with van der Waals surface area (Å²) in [4.78, 5) is 22.2. The predicted octanol–water partition coefficient (Wildman–Crippen LogP) is 5.71. The summed E-state index contributed by atoms with van der Waals surface area (Å²) in [5.74, 6) is 0. The number of nitrogens with zero attached hydrogens (tertiary/aromatic N) is 4. The predicted molar refractivity (Wildman–Crippen MR) is 159 cm³/mol. The average molecular weight is 535 g/mol. The van der Waals surface area contributed by atoms with Crippen molar-refractivity contribution in [3.8, 4) is 11.1 Å². The zero-order valence-electron chi connectivity index (χ0n) is 23.2. The number of fused-ring (bicyclic) bond motifs is 1. The van der Waals surface area contributed by atoms with E-state index in [4.69, 9.17) is 9.41 Å². The van der Waals surface area contributed by atoms with Gasteiger partial charge >= 0.3 is 0 Å². The first-order valence-electron chi connectivity index (χ1n) is 13.3. The average Bonchev–Trinajstić information content (AvgIpc) is 3.35. The molecule has 0 aliphatic rings. The van der Waals surface area contributed by atoms with E-state index in [2.05, 4.69) is 79.4 Å². The lowest BCUT2D eigenvalue weighted by Crippen LogP contribution is -2.66. The Kier molecular flexibility index (Phi) is 7.29. The van der Waals surface area contributed by atoms with Gasteiger partial charge < -0.3 is 4.43 Å². The van der Waals surface area contributed by atoms with E-state index in [1.54, 1.807) is 12.4 Å². The smallest absolute Gasteiger partial charge is 0.261 e. The number of carbonyl (C=O) groups excluding carboxylic acids is 1. The monoisotopic (exact) mass is 534 g/mol. The van der Waals surface area contributed by atoms with Crippen molar-refractivity contribution in [3.63, 3.8) is 0 Å². The molecule has 2 aromatic carbocycles. The first-order valence-corrected chi connectivity index (χ1v) is 15.2. The summed E-state index contributed by atoms with van der Waals surface area (Å²) in [7, 11) is -2.84. The fourth-order valence-electron chi connectivity index (χ4n) is 5.56. The largest absolute Gasteiger partial charge is 0.401 e. The van der Waals surface area contributed by atoms with Gasteiger partial charge in [-0.25, -0.2) is 9.67 Å². The molecule has 0 atom stereocenters. The maximum absolute atomic E-state index is 12.8. The van der Waals surface area contributed by atoms with E-state index in [9.17, 15) is 4.79 Å². The minimum atomic E-state index is -2.84. The third-order valence-corrected chi connectivity index (χ3v) is 12.3. The molecule has 5 aromatic rings. The molecule has 6 nitrogen and oxygen atoms in total. The van der Waals surface area contributed by atoms with E-state index in [0.717, 1.165) is 34.0 Å². The van der Waals surface area contributed by atoms with Gasteiger partial charge in [-0.05, 0) is 40.9 Å². The van der Waals surface area contributed by atoms with Crippen LogP contribution in [0.25, 0.3) is 22.2 Å². The van der Waals surface area contributed by atoms with Crippen LogP contribution in [0.2, 0.25) is 5.04 Å². The fraction of sp³-hybridized carbons (Fsp3) is 0.250. The molecule has 0 aliphatic heterocycles. The second-order valence-corrected chi connectivity index (χ2v) is 15.2. The van der Waals surface area contributed by atoms with Gasteiger partial charge in [0, 0.05) is 41.0 Å². The highest BCUT2D eigenvalue weighted by Gasteiger charge is 2.50. The van der Waals surface area contributed by atoms with Crippen molar-refractivity contribution in [1.29, 1.82) is 0 Å². The molecular formula is C32H34N4O2Si. The Bertz CT molecular complexity index is 1570. The van der Waals surface area contributed by atoms with Crippen molar-refractivity contribution in [2.24, 2.45) is 0 Å². The SMILES string of the molecule is CCn1ncc2c(-c3cncc(C)c3)c(C=O)c(CO[Si](c3ccccc3)(c3ccccc3)C(C)(C)C)nc21. The molecule has 0 saturated carbocycles. The summed E-state index contributed by atoms with van der Waals surface area (Å²) >= 11 is 0. The van der Waals surface area contributed by atoms with Gasteiger partial charge in [-0.1, -0.05) is 81.4 Å². The first-order chi connectivity index (χ1) is 18.8. The topological polar surface area (TPSA) is 69.9 Å². The number of aryl methyl sites for hydroxylation is 2. The van der Waals surface area contributed by atoms with Gasteiger partial charge in [0.1, 0.15) is 0 Å². The zero-order valence-corrected chi connectivity index (χ0v) is 24.2. The van der Waals surface area contributed by atoms with Crippen LogP contribution in [0, 0.1) is 6.92 Å². The van der Waals surface area contributed by atoms with Gasteiger partial charge in [0.05, 0.1) is 18.5 Å². The summed E-state index contributed by atoms with van der Waals surface area (Å²) in [6.45, 7) is 11.6. The van der Waals surface area contributed by atoms with Gasteiger partial charge in [-0.2, -0.15) is 5.10 Å². The van der Waals surface area contributed by atoms with Crippen LogP contribution in [-0.2, 0) is 17.6 Å². The van der Waals surface area contributed by atoms with Crippen LogP contribution in [0.15, 0.2) is 85.3 Å². The Hall–Kier alpha value is -3.94. The van der Waals surface area contributed by atoms with Crippen molar-refractivity contribution >= 4 is 36.0 Å². The van der Waals surface area contributed by atoms with Crippen LogP contribution in [-0.4, -0.2) is 34.4 Å². The van der Waals surface area contributed by atoms with E-state index < -0.39 is 8.32 Å². The zero-order chi connectivity index (χ0) is 27.6. The normalized spacial score (nSPS) is 12.1. The molecule has 198 valence electrons. The summed E-state index contributed by atoms with van der Waals surface area (Å²) < 4.78 is 9.04. The number of hydrogen-bond acceptors (Lipinski definition) is 5. The van der Waals surface area contributed by atoms with E-state index in [0.29, 0.717) is 17.8 Å². The maximum Gasteiger partial charge on any atom is 0.261 e. The van der Waals surface area contributed by atoms with Gasteiger partial charge in [0.25, 0.3) is 8.32 Å². The second-order valence-electron chi connectivity index (χ2n) is 10.9. The number of rotatable bonds is 8. The van der Waals surface area contributed by atoms with Crippen LogP contribution in [0.4, 0.5) is 0 Å². The lowest BCUT2D eigenvalue weighted by atomic mass is 9.97. The summed E-state index contributed by atoms with van der Waals surface area (Å²) in [5.41, 5.74) is 4.54. The van der Waals surface area contributed by atoms with Crippen LogP contribution in [0.5, 0.6) is 0 Å². The van der Waals surface area contributed by atoms with Crippen LogP contribution in [0.1, 0.15) is 49.3 Å². The Balaban J connectivity index is 1.73. The molecule has 0 N–H and O–H groups in total. The molecule has 3 aromatic heterocycles. The third kappa shape index (κ3) is 4.73. The number of hydrogen-bond donors (Lipinski definition) is 0. The molecule has 0 amide bonds. The third-order valence-electron chi connectivity index (χ3n) is 7.33. The number of aromatic nitrogens is 4. The minimum Gasteiger partial charge on any atom is -0.401 e. The lowest BCUT2D eigenvalue weighted by Gasteiger charge is -2.43. The number of carbonyl (C=O) groups is 1. The quantitative estimate of drug-likeness (QED) is 0.188. The molecule has 5 rings (SSSR count). The van der Waals surface area contributed by atoms with E-state index in [-0.39, 0.29) is 11.6 Å². The summed E-state index contributed by atoms with van der Waals surface area (Å²) in [5, 5.41) is 7.56. The first kappa shape index (κ1) is 26.7. The minimum absolute atomic E-state index is 0.193. The Labute approximate surface area is 230 Å². The fourth-order valence-corrected chi connectivity index (χ4v) is 10.1. The van der Waals surface area contributed by atoms with Gasteiger partial charge in [0.15, 0.2) is 11.9 Å². The number of pyridine rings is 2. The highest BCUT2D eigenvalue weighted by atomic mass is 28.4. The number of aldehydes is 1. The van der Waals surface area contributed by atoms with E-state index >= 15 is 0 Å². The van der Waals surface area contributed by atoms with Gasteiger partial charge in [0.2, 0.25) is 0 Å². The lowest BCUT2D eigenvalue weighted by molar-refractivity contribution is 0.112. The number of benzene rings is 2. The molecule has 39 heavy (non-hydrogen) atoms. The summed E-state index contributed by atoms with van der Waals surface area (Å²) in [6, 6.07) is 23.0. The van der Waals surface area contributed by atoms with Crippen molar-refractivity contribution in [2.75, 3.05) is 0 Å². The molecule has 7 heteroatoms. The molecule has 0 unspecified atom stereocenters. The van der Waals surface area contributed by atoms with Gasteiger partial charge in [-0.3, -0.25) is 9.78 Å². The van der Waals surface area contributed by atoms with E-state index in [1.165, 1.54) is 10.4 Å². The molecule has 0 fully saturated rings. The van der Waals surface area contributed by atoms with Crippen LogP contribution >= 0.6 is 0 Å². The van der Waals surface area contributed by atoms with Crippen LogP contribution in [0.3, 0.4) is 0 Å². The van der Waals surface area contributed by atoms with Gasteiger partial charge in [-0.15, -0.1) is 0 Å². The standard InChI is InChI=1S/C32H34N4O2Si/c1-6-36-31-27(20-34-36)30(24-17-23(2)18-33-19-24)28(21-37)29(35-31)22-38-39(32(3,4)5,25-13-9-7-10-14-25)26-15-11-8-12-16-26/h7-21H,6,22H2,1-5H3. The van der Waals surface area contributed by atoms with Crippen molar-refractivity contribution in [3.05, 3.63) is 102 Å². The van der Waals surface area contributed by atoms with Crippen LogP contribution < -0.4 is 10.4 Å².